The van der Waals surface area contributed by atoms with Crippen molar-refractivity contribution in [3.05, 3.63) is 62.8 Å². The Morgan fingerprint density at radius 1 is 1.00 bits per heavy atom. The SMILES string of the molecule is Fc1ccc(Br)cc1OCc1cccc(Br)c1. The van der Waals surface area contributed by atoms with Gasteiger partial charge in [0.05, 0.1) is 0 Å². The number of rotatable bonds is 3. The molecule has 0 unspecified atom stereocenters. The van der Waals surface area contributed by atoms with E-state index in [0.717, 1.165) is 14.5 Å². The largest absolute Gasteiger partial charge is 0.486 e. The molecule has 1 nitrogen and oxygen atoms in total. The Bertz CT molecular complexity index is 529. The predicted molar refractivity (Wildman–Crippen MR) is 72.6 cm³/mol. The third-order valence-electron chi connectivity index (χ3n) is 2.18. The second kappa shape index (κ2) is 5.65. The third kappa shape index (κ3) is 3.54. The van der Waals surface area contributed by atoms with Crippen LogP contribution in [0.5, 0.6) is 5.75 Å². The highest BCUT2D eigenvalue weighted by atomic mass is 79.9. The minimum atomic E-state index is -0.358. The van der Waals surface area contributed by atoms with Gasteiger partial charge in [-0.05, 0) is 35.9 Å². The molecule has 0 N–H and O–H groups in total. The average Bonchev–Trinajstić information content (AvgIpc) is 2.30. The lowest BCUT2D eigenvalue weighted by Crippen LogP contribution is -1.97. The van der Waals surface area contributed by atoms with Gasteiger partial charge < -0.3 is 4.74 Å². The van der Waals surface area contributed by atoms with Crippen molar-refractivity contribution in [1.29, 1.82) is 0 Å². The van der Waals surface area contributed by atoms with Crippen molar-refractivity contribution in [3.63, 3.8) is 0 Å². The van der Waals surface area contributed by atoms with Gasteiger partial charge in [-0.15, -0.1) is 0 Å². The highest BCUT2D eigenvalue weighted by Crippen LogP contribution is 2.23. The molecule has 0 heterocycles. The molecule has 17 heavy (non-hydrogen) atoms. The number of hydrogen-bond acceptors (Lipinski definition) is 1. The van der Waals surface area contributed by atoms with Crippen molar-refractivity contribution in [2.45, 2.75) is 6.61 Å². The molecule has 0 bridgehead atoms. The Balaban J connectivity index is 2.09. The van der Waals surface area contributed by atoms with Gasteiger partial charge in [0.2, 0.25) is 0 Å². The maximum atomic E-state index is 13.4. The van der Waals surface area contributed by atoms with Gasteiger partial charge >= 0.3 is 0 Å². The van der Waals surface area contributed by atoms with Crippen LogP contribution in [0.1, 0.15) is 5.56 Å². The van der Waals surface area contributed by atoms with E-state index in [2.05, 4.69) is 31.9 Å². The number of ether oxygens (including phenoxy) is 1. The summed E-state index contributed by atoms with van der Waals surface area (Å²) >= 11 is 6.66. The standard InChI is InChI=1S/C13H9Br2FO/c14-10-3-1-2-9(6-10)8-17-13-7-11(15)4-5-12(13)16/h1-7H,8H2. The number of hydrogen-bond donors (Lipinski definition) is 0. The third-order valence-corrected chi connectivity index (χ3v) is 3.16. The summed E-state index contributed by atoms with van der Waals surface area (Å²) in [5.74, 6) is -0.109. The first kappa shape index (κ1) is 12.6. The van der Waals surface area contributed by atoms with Crippen LogP contribution in [-0.2, 0) is 6.61 Å². The molecule has 0 aliphatic carbocycles. The van der Waals surface area contributed by atoms with E-state index in [1.54, 1.807) is 12.1 Å². The first-order chi connectivity index (χ1) is 8.15. The zero-order valence-electron chi connectivity index (χ0n) is 8.79. The van der Waals surface area contributed by atoms with E-state index in [1.807, 2.05) is 24.3 Å². The molecule has 2 rings (SSSR count). The highest BCUT2D eigenvalue weighted by Gasteiger charge is 2.04. The second-order valence-electron chi connectivity index (χ2n) is 3.49. The molecule has 0 saturated carbocycles. The molecule has 2 aromatic carbocycles. The number of benzene rings is 2. The van der Waals surface area contributed by atoms with Crippen LogP contribution in [0.3, 0.4) is 0 Å². The maximum absolute atomic E-state index is 13.4. The minimum Gasteiger partial charge on any atom is -0.486 e. The van der Waals surface area contributed by atoms with E-state index in [0.29, 0.717) is 6.61 Å². The smallest absolute Gasteiger partial charge is 0.165 e. The van der Waals surface area contributed by atoms with Crippen molar-refractivity contribution in [2.75, 3.05) is 0 Å². The van der Waals surface area contributed by atoms with Gasteiger partial charge in [0.15, 0.2) is 11.6 Å². The molecule has 4 heteroatoms. The van der Waals surface area contributed by atoms with E-state index in [9.17, 15) is 4.39 Å². The van der Waals surface area contributed by atoms with Crippen molar-refractivity contribution < 1.29 is 9.13 Å². The normalized spacial score (nSPS) is 10.3. The fourth-order valence-corrected chi connectivity index (χ4v) is 2.16. The molecule has 88 valence electrons. The van der Waals surface area contributed by atoms with Crippen LogP contribution in [0.4, 0.5) is 4.39 Å². The van der Waals surface area contributed by atoms with Gasteiger partial charge in [-0.2, -0.15) is 0 Å². The van der Waals surface area contributed by atoms with Crippen molar-refractivity contribution in [1.82, 2.24) is 0 Å². The maximum Gasteiger partial charge on any atom is 0.165 e. The molecule has 0 radical (unpaired) electrons. The summed E-state index contributed by atoms with van der Waals surface area (Å²) < 4.78 is 20.6. The van der Waals surface area contributed by atoms with E-state index in [4.69, 9.17) is 4.74 Å². The summed E-state index contributed by atoms with van der Waals surface area (Å²) in [6, 6.07) is 12.4. The van der Waals surface area contributed by atoms with Gasteiger partial charge in [-0.25, -0.2) is 4.39 Å². The second-order valence-corrected chi connectivity index (χ2v) is 5.32. The molecule has 0 aliphatic rings. The Labute approximate surface area is 116 Å². The van der Waals surface area contributed by atoms with Crippen LogP contribution in [0, 0.1) is 5.82 Å². The van der Waals surface area contributed by atoms with Crippen molar-refractivity contribution in [2.24, 2.45) is 0 Å². The first-order valence-corrected chi connectivity index (χ1v) is 6.56. The fraction of sp³-hybridized carbons (Fsp3) is 0.0769. The van der Waals surface area contributed by atoms with Crippen LogP contribution in [0.25, 0.3) is 0 Å². The molecule has 0 fully saturated rings. The summed E-state index contributed by atoms with van der Waals surface area (Å²) in [7, 11) is 0. The molecular weight excluding hydrogens is 351 g/mol. The summed E-state index contributed by atoms with van der Waals surface area (Å²) in [5, 5.41) is 0. The number of halogens is 3. The Kier molecular flexibility index (Phi) is 4.18. The van der Waals surface area contributed by atoms with Gasteiger partial charge in [0.25, 0.3) is 0 Å². The van der Waals surface area contributed by atoms with E-state index < -0.39 is 0 Å². The predicted octanol–water partition coefficient (Wildman–Crippen LogP) is 4.93. The molecule has 0 saturated heterocycles. The summed E-state index contributed by atoms with van der Waals surface area (Å²) in [6.45, 7) is 0.340. The first-order valence-electron chi connectivity index (χ1n) is 4.97. The van der Waals surface area contributed by atoms with Crippen LogP contribution in [0.2, 0.25) is 0 Å². The van der Waals surface area contributed by atoms with E-state index in [-0.39, 0.29) is 11.6 Å². The van der Waals surface area contributed by atoms with Gasteiger partial charge in [0, 0.05) is 8.95 Å². The van der Waals surface area contributed by atoms with Crippen molar-refractivity contribution in [3.8, 4) is 5.75 Å². The zero-order chi connectivity index (χ0) is 12.3. The quantitative estimate of drug-likeness (QED) is 0.754. The van der Waals surface area contributed by atoms with Gasteiger partial charge in [-0.1, -0.05) is 44.0 Å². The monoisotopic (exact) mass is 358 g/mol. The Morgan fingerprint density at radius 2 is 1.76 bits per heavy atom. The van der Waals surface area contributed by atoms with Crippen LogP contribution in [-0.4, -0.2) is 0 Å². The topological polar surface area (TPSA) is 9.23 Å². The summed E-state index contributed by atoms with van der Waals surface area (Å²) in [4.78, 5) is 0. The van der Waals surface area contributed by atoms with E-state index in [1.165, 1.54) is 6.07 Å². The lowest BCUT2D eigenvalue weighted by atomic mass is 10.2. The molecule has 0 atom stereocenters. The zero-order valence-corrected chi connectivity index (χ0v) is 12.0. The van der Waals surface area contributed by atoms with Crippen molar-refractivity contribution >= 4 is 31.9 Å². The van der Waals surface area contributed by atoms with Gasteiger partial charge in [-0.3, -0.25) is 0 Å². The molecule has 2 aromatic rings. The fourth-order valence-electron chi connectivity index (χ4n) is 1.38. The Morgan fingerprint density at radius 3 is 2.53 bits per heavy atom. The molecule has 0 aromatic heterocycles. The van der Waals surface area contributed by atoms with Crippen LogP contribution < -0.4 is 4.74 Å². The molecule has 0 amide bonds. The lowest BCUT2D eigenvalue weighted by Gasteiger charge is -2.08. The highest BCUT2D eigenvalue weighted by molar-refractivity contribution is 9.10. The van der Waals surface area contributed by atoms with Crippen LogP contribution in [0.15, 0.2) is 51.4 Å². The summed E-state index contributed by atoms with van der Waals surface area (Å²) in [6.07, 6.45) is 0. The molecular formula is C13H9Br2FO. The van der Waals surface area contributed by atoms with E-state index >= 15 is 0 Å². The summed E-state index contributed by atoms with van der Waals surface area (Å²) in [5.41, 5.74) is 0.985. The van der Waals surface area contributed by atoms with Gasteiger partial charge in [0.1, 0.15) is 6.61 Å². The Hall–Kier alpha value is -0.870. The lowest BCUT2D eigenvalue weighted by molar-refractivity contribution is 0.290. The minimum absolute atomic E-state index is 0.249. The van der Waals surface area contributed by atoms with Crippen LogP contribution >= 0.6 is 31.9 Å². The molecule has 0 aliphatic heterocycles. The molecule has 0 spiro atoms. The average molecular weight is 360 g/mol.